The molecule has 0 amide bonds. The van der Waals surface area contributed by atoms with Gasteiger partial charge in [-0.05, 0) is 40.6 Å². The highest BCUT2D eigenvalue weighted by atomic mass is 32.2. The van der Waals surface area contributed by atoms with Crippen molar-refractivity contribution >= 4 is 26.6 Å². The lowest BCUT2D eigenvalue weighted by molar-refractivity contribution is -0.139. The Bertz CT molecular complexity index is 1370. The number of nitrogens with one attached hydrogen (secondary N) is 1. The quantitative estimate of drug-likeness (QED) is 0.446. The second-order valence-corrected chi connectivity index (χ2v) is 7.77. The number of aromatic nitrogens is 5. The number of H-pyrrole nitrogens is 1. The van der Waals surface area contributed by atoms with E-state index in [9.17, 15) is 21.6 Å². The molecule has 0 bridgehead atoms. The topological polar surface area (TPSA) is 154 Å². The highest BCUT2D eigenvalue weighted by Crippen LogP contribution is 2.43. The Labute approximate surface area is 167 Å². The summed E-state index contributed by atoms with van der Waals surface area (Å²) in [5.41, 5.74) is 5.51. The number of halogens is 3. The Morgan fingerprint density at radius 2 is 1.83 bits per heavy atom. The maximum Gasteiger partial charge on any atom is 0.417 e. The number of aromatic amines is 1. The van der Waals surface area contributed by atoms with E-state index in [2.05, 4.69) is 25.6 Å². The standard InChI is InChI=1S/C17H12F3N7O2S/c18-17(19,20)11-3-2-9(8-1-4-13-10(7-8)12(21)5-6-23-13)14(15(11)30(22,28)29)16-24-26-27-25-16/h1-7H,(H2,21,23)(H2,22,28,29)(H,24,25,26,27). The highest BCUT2D eigenvalue weighted by molar-refractivity contribution is 7.89. The normalized spacial score (nSPS) is 12.4. The molecule has 0 aliphatic heterocycles. The number of benzene rings is 2. The van der Waals surface area contributed by atoms with E-state index in [1.807, 2.05) is 0 Å². The van der Waals surface area contributed by atoms with Crippen molar-refractivity contribution in [1.82, 2.24) is 25.6 Å². The lowest BCUT2D eigenvalue weighted by Crippen LogP contribution is -2.21. The first-order valence-corrected chi connectivity index (χ1v) is 9.77. The molecule has 4 aromatic rings. The van der Waals surface area contributed by atoms with Gasteiger partial charge in [0.25, 0.3) is 0 Å². The second-order valence-electron chi connectivity index (χ2n) is 6.28. The number of nitrogen functional groups attached to an aromatic ring is 1. The summed E-state index contributed by atoms with van der Waals surface area (Å²) in [6.07, 6.45) is -3.48. The summed E-state index contributed by atoms with van der Waals surface area (Å²) < 4.78 is 65.2. The van der Waals surface area contributed by atoms with Crippen LogP contribution in [0, 0.1) is 0 Å². The summed E-state index contributed by atoms with van der Waals surface area (Å²) in [5.74, 6) is -0.362. The van der Waals surface area contributed by atoms with Gasteiger partial charge in [-0.3, -0.25) is 4.98 Å². The van der Waals surface area contributed by atoms with Gasteiger partial charge in [0.05, 0.1) is 16.6 Å². The van der Waals surface area contributed by atoms with Gasteiger partial charge < -0.3 is 5.73 Å². The fraction of sp³-hybridized carbons (Fsp3) is 0.0588. The Balaban J connectivity index is 2.13. The lowest BCUT2D eigenvalue weighted by atomic mass is 9.95. The van der Waals surface area contributed by atoms with Crippen LogP contribution in [0.25, 0.3) is 33.4 Å². The molecule has 0 atom stereocenters. The Morgan fingerprint density at radius 3 is 2.47 bits per heavy atom. The highest BCUT2D eigenvalue weighted by Gasteiger charge is 2.39. The number of hydrogen-bond donors (Lipinski definition) is 3. The zero-order valence-electron chi connectivity index (χ0n) is 14.8. The molecule has 154 valence electrons. The number of nitrogens with zero attached hydrogens (tertiary/aromatic N) is 4. The Kier molecular flexibility index (Phi) is 4.43. The Morgan fingerprint density at radius 1 is 1.07 bits per heavy atom. The number of alkyl halides is 3. The van der Waals surface area contributed by atoms with Crippen LogP contribution in [0.15, 0.2) is 47.5 Å². The molecule has 13 heteroatoms. The van der Waals surface area contributed by atoms with Gasteiger partial charge in [0.1, 0.15) is 4.90 Å². The summed E-state index contributed by atoms with van der Waals surface area (Å²) in [4.78, 5) is 3.02. The van der Waals surface area contributed by atoms with E-state index >= 15 is 0 Å². The van der Waals surface area contributed by atoms with Gasteiger partial charge in [-0.1, -0.05) is 12.1 Å². The van der Waals surface area contributed by atoms with Crippen LogP contribution >= 0.6 is 0 Å². The lowest BCUT2D eigenvalue weighted by Gasteiger charge is -2.17. The van der Waals surface area contributed by atoms with Gasteiger partial charge in [0.15, 0.2) is 0 Å². The maximum absolute atomic E-state index is 13.6. The van der Waals surface area contributed by atoms with Crippen LogP contribution in [0.4, 0.5) is 18.9 Å². The molecule has 4 rings (SSSR count). The fourth-order valence-corrected chi connectivity index (χ4v) is 4.14. The number of anilines is 1. The van der Waals surface area contributed by atoms with E-state index in [0.29, 0.717) is 28.2 Å². The van der Waals surface area contributed by atoms with Gasteiger partial charge >= 0.3 is 6.18 Å². The van der Waals surface area contributed by atoms with Crippen molar-refractivity contribution in [3.8, 4) is 22.5 Å². The molecule has 0 unspecified atom stereocenters. The first kappa shape index (κ1) is 19.7. The van der Waals surface area contributed by atoms with E-state index in [1.54, 1.807) is 24.3 Å². The minimum absolute atomic E-state index is 0.0959. The van der Waals surface area contributed by atoms with E-state index in [-0.39, 0.29) is 11.4 Å². The number of tetrazole rings is 1. The average molecular weight is 435 g/mol. The third-order valence-electron chi connectivity index (χ3n) is 4.40. The van der Waals surface area contributed by atoms with Crippen LogP contribution in [0.2, 0.25) is 0 Å². The van der Waals surface area contributed by atoms with Crippen molar-refractivity contribution in [1.29, 1.82) is 0 Å². The van der Waals surface area contributed by atoms with E-state index in [4.69, 9.17) is 10.9 Å². The third-order valence-corrected chi connectivity index (χ3v) is 5.40. The summed E-state index contributed by atoms with van der Waals surface area (Å²) in [6, 6.07) is 8.08. The molecule has 0 spiro atoms. The smallest absolute Gasteiger partial charge is 0.398 e. The molecule has 2 aromatic carbocycles. The molecule has 0 saturated carbocycles. The number of pyridine rings is 1. The molecule has 5 N–H and O–H groups in total. The maximum atomic E-state index is 13.6. The van der Waals surface area contributed by atoms with Gasteiger partial charge in [0, 0.05) is 17.3 Å². The molecule has 0 aliphatic rings. The molecule has 30 heavy (non-hydrogen) atoms. The zero-order chi connectivity index (χ0) is 21.7. The predicted octanol–water partition coefficient (Wildman–Crippen LogP) is 2.33. The molecular formula is C17H12F3N7O2S. The van der Waals surface area contributed by atoms with Gasteiger partial charge in [-0.2, -0.15) is 18.4 Å². The monoisotopic (exact) mass is 435 g/mol. The molecule has 0 aliphatic carbocycles. The Hall–Kier alpha value is -3.58. The van der Waals surface area contributed by atoms with Crippen LogP contribution < -0.4 is 10.9 Å². The SMILES string of the molecule is Nc1ccnc2ccc(-c3ccc(C(F)(F)F)c(S(N)(=O)=O)c3-c3nn[nH]n3)cc12. The van der Waals surface area contributed by atoms with Crippen molar-refractivity contribution in [2.45, 2.75) is 11.1 Å². The van der Waals surface area contributed by atoms with Crippen LogP contribution in [0.5, 0.6) is 0 Å². The van der Waals surface area contributed by atoms with Crippen LogP contribution in [-0.4, -0.2) is 34.0 Å². The van der Waals surface area contributed by atoms with Crippen molar-refractivity contribution < 1.29 is 21.6 Å². The van der Waals surface area contributed by atoms with Gasteiger partial charge in [-0.25, -0.2) is 13.6 Å². The molecule has 0 radical (unpaired) electrons. The minimum atomic E-state index is -4.99. The first-order chi connectivity index (χ1) is 14.1. The second kappa shape index (κ2) is 6.74. The molecule has 9 nitrogen and oxygen atoms in total. The van der Waals surface area contributed by atoms with Crippen molar-refractivity contribution in [2.24, 2.45) is 5.14 Å². The number of rotatable bonds is 3. The fourth-order valence-electron chi connectivity index (χ4n) is 3.17. The molecule has 2 aromatic heterocycles. The number of nitrogens with two attached hydrogens (primary N) is 2. The largest absolute Gasteiger partial charge is 0.417 e. The van der Waals surface area contributed by atoms with E-state index in [0.717, 1.165) is 6.07 Å². The minimum Gasteiger partial charge on any atom is -0.398 e. The summed E-state index contributed by atoms with van der Waals surface area (Å²) in [5, 5.41) is 18.5. The summed E-state index contributed by atoms with van der Waals surface area (Å²) >= 11 is 0. The predicted molar refractivity (Wildman–Crippen MR) is 101 cm³/mol. The number of fused-ring (bicyclic) bond motifs is 1. The summed E-state index contributed by atoms with van der Waals surface area (Å²) in [6.45, 7) is 0. The van der Waals surface area contributed by atoms with Crippen molar-refractivity contribution in [3.05, 3.63) is 48.2 Å². The van der Waals surface area contributed by atoms with Crippen LogP contribution in [0.1, 0.15) is 5.56 Å². The zero-order valence-corrected chi connectivity index (χ0v) is 15.7. The van der Waals surface area contributed by atoms with E-state index in [1.165, 1.54) is 6.20 Å². The number of hydrogen-bond acceptors (Lipinski definition) is 7. The molecule has 0 fully saturated rings. The van der Waals surface area contributed by atoms with Crippen LogP contribution in [0.3, 0.4) is 0 Å². The average Bonchev–Trinajstić information content (AvgIpc) is 3.20. The summed E-state index contributed by atoms with van der Waals surface area (Å²) in [7, 11) is -4.83. The van der Waals surface area contributed by atoms with Gasteiger partial charge in [0.2, 0.25) is 15.8 Å². The first-order valence-electron chi connectivity index (χ1n) is 8.23. The third kappa shape index (κ3) is 3.33. The van der Waals surface area contributed by atoms with Crippen molar-refractivity contribution in [2.75, 3.05) is 5.73 Å². The van der Waals surface area contributed by atoms with Crippen LogP contribution in [-0.2, 0) is 16.2 Å². The number of sulfonamides is 1. The molecule has 0 saturated heterocycles. The molecule has 2 heterocycles. The number of primary sulfonamides is 1. The van der Waals surface area contributed by atoms with Gasteiger partial charge in [-0.15, -0.1) is 10.2 Å². The molecular weight excluding hydrogens is 423 g/mol. The van der Waals surface area contributed by atoms with E-state index < -0.39 is 32.2 Å². The van der Waals surface area contributed by atoms with Crippen molar-refractivity contribution in [3.63, 3.8) is 0 Å².